The number of aromatic nitrogens is 4. The van der Waals surface area contributed by atoms with Crippen molar-refractivity contribution in [1.82, 2.24) is 20.2 Å². The Morgan fingerprint density at radius 1 is 1.35 bits per heavy atom. The molecular formula is C8H9N5O3S. The van der Waals surface area contributed by atoms with Crippen LogP contribution in [0.4, 0.5) is 5.82 Å². The number of sulfonamides is 1. The molecule has 0 aromatic carbocycles. The topological polar surface area (TPSA) is 121 Å². The van der Waals surface area contributed by atoms with Crippen molar-refractivity contribution in [2.45, 2.75) is 11.9 Å². The summed E-state index contributed by atoms with van der Waals surface area (Å²) in [5.74, 6) is 0.511. The summed E-state index contributed by atoms with van der Waals surface area (Å²) in [7, 11) is -3.76. The zero-order chi connectivity index (χ0) is 12.5. The lowest BCUT2D eigenvalue weighted by molar-refractivity contribution is 0.597. The van der Waals surface area contributed by atoms with E-state index in [0.29, 0.717) is 5.82 Å². The van der Waals surface area contributed by atoms with Crippen LogP contribution in [0.15, 0.2) is 28.2 Å². The van der Waals surface area contributed by atoms with Gasteiger partial charge in [0.05, 0.1) is 6.20 Å². The summed E-state index contributed by atoms with van der Waals surface area (Å²) in [5, 5.41) is 5.59. The second-order valence-electron chi connectivity index (χ2n) is 3.24. The molecule has 0 unspecified atom stereocenters. The van der Waals surface area contributed by atoms with Gasteiger partial charge in [-0.3, -0.25) is 9.52 Å². The number of imidazole rings is 1. The van der Waals surface area contributed by atoms with Crippen LogP contribution in [-0.2, 0) is 10.0 Å². The van der Waals surface area contributed by atoms with Gasteiger partial charge < -0.3 is 4.98 Å². The molecule has 0 bridgehead atoms. The van der Waals surface area contributed by atoms with Gasteiger partial charge in [0.1, 0.15) is 5.82 Å². The predicted molar refractivity (Wildman–Crippen MR) is 59.0 cm³/mol. The van der Waals surface area contributed by atoms with E-state index in [1.165, 1.54) is 18.3 Å². The predicted octanol–water partition coefficient (Wildman–Crippen LogP) is -0.398. The van der Waals surface area contributed by atoms with Gasteiger partial charge in [0.25, 0.3) is 15.6 Å². The second-order valence-corrected chi connectivity index (χ2v) is 4.90. The van der Waals surface area contributed by atoms with Crippen molar-refractivity contribution in [3.63, 3.8) is 0 Å². The molecule has 2 aromatic rings. The van der Waals surface area contributed by atoms with Crippen LogP contribution < -0.4 is 10.3 Å². The molecule has 17 heavy (non-hydrogen) atoms. The summed E-state index contributed by atoms with van der Waals surface area (Å²) in [6.45, 7) is 1.64. The van der Waals surface area contributed by atoms with Crippen LogP contribution in [0.3, 0.4) is 0 Å². The minimum absolute atomic E-state index is 0.0249. The van der Waals surface area contributed by atoms with Crippen LogP contribution in [0.5, 0.6) is 0 Å². The molecule has 0 aliphatic carbocycles. The quantitative estimate of drug-likeness (QED) is 0.689. The van der Waals surface area contributed by atoms with E-state index >= 15 is 0 Å². The molecule has 0 amide bonds. The summed E-state index contributed by atoms with van der Waals surface area (Å²) >= 11 is 0. The highest BCUT2D eigenvalue weighted by molar-refractivity contribution is 7.92. The van der Waals surface area contributed by atoms with E-state index in [2.05, 4.69) is 24.9 Å². The average Bonchev–Trinajstić information content (AvgIpc) is 2.69. The van der Waals surface area contributed by atoms with E-state index in [1.807, 2.05) is 0 Å². The summed E-state index contributed by atoms with van der Waals surface area (Å²) in [5.41, 5.74) is -0.412. The molecule has 90 valence electrons. The molecule has 0 saturated heterocycles. The number of H-pyrrole nitrogens is 2. The fourth-order valence-corrected chi connectivity index (χ4v) is 2.10. The molecule has 0 aliphatic rings. The molecule has 3 N–H and O–H groups in total. The Hall–Kier alpha value is -2.16. The fourth-order valence-electron chi connectivity index (χ4n) is 1.13. The lowest BCUT2D eigenvalue weighted by Crippen LogP contribution is -2.16. The Morgan fingerprint density at radius 2 is 2.12 bits per heavy atom. The van der Waals surface area contributed by atoms with Crippen molar-refractivity contribution in [3.8, 4) is 0 Å². The number of nitrogens with one attached hydrogen (secondary N) is 3. The molecule has 0 spiro atoms. The Bertz CT molecular complexity index is 667. The monoisotopic (exact) mass is 255 g/mol. The maximum atomic E-state index is 11.8. The average molecular weight is 255 g/mol. The maximum absolute atomic E-state index is 11.8. The standard InChI is InChI=1S/C8H9N5O3S/c1-5-9-4-8(10-5)17(15,16)13-6-2-3-7(14)12-11-6/h2-4H,1H3,(H,9,10)(H,11,13)(H,12,14). The molecule has 2 heterocycles. The molecule has 0 fully saturated rings. The number of aryl methyl sites for hydroxylation is 1. The number of aromatic amines is 2. The van der Waals surface area contributed by atoms with Gasteiger partial charge in [-0.25, -0.2) is 10.1 Å². The minimum Gasteiger partial charge on any atom is -0.332 e. The van der Waals surface area contributed by atoms with E-state index in [0.717, 1.165) is 0 Å². The Morgan fingerprint density at radius 3 is 2.65 bits per heavy atom. The lowest BCUT2D eigenvalue weighted by Gasteiger charge is -2.03. The number of hydrogen-bond acceptors (Lipinski definition) is 5. The Balaban J connectivity index is 2.29. The van der Waals surface area contributed by atoms with Crippen molar-refractivity contribution >= 4 is 15.8 Å². The Labute approximate surface area is 96.2 Å². The zero-order valence-electron chi connectivity index (χ0n) is 8.76. The van der Waals surface area contributed by atoms with Gasteiger partial charge in [0.15, 0.2) is 10.8 Å². The van der Waals surface area contributed by atoms with Crippen molar-refractivity contribution in [3.05, 3.63) is 34.5 Å². The zero-order valence-corrected chi connectivity index (χ0v) is 9.58. The molecule has 0 radical (unpaired) electrons. The lowest BCUT2D eigenvalue weighted by atomic mass is 10.5. The first-order valence-corrected chi connectivity index (χ1v) is 6.06. The maximum Gasteiger partial charge on any atom is 0.280 e. The number of nitrogens with zero attached hydrogens (tertiary/aromatic N) is 2. The number of hydrogen-bond donors (Lipinski definition) is 3. The highest BCUT2D eigenvalue weighted by Gasteiger charge is 2.17. The molecule has 0 atom stereocenters. The van der Waals surface area contributed by atoms with Crippen LogP contribution in [0.1, 0.15) is 5.82 Å². The van der Waals surface area contributed by atoms with Gasteiger partial charge in [-0.15, -0.1) is 0 Å². The highest BCUT2D eigenvalue weighted by atomic mass is 32.2. The summed E-state index contributed by atoms with van der Waals surface area (Å²) in [6.07, 6.45) is 1.20. The fraction of sp³-hybridized carbons (Fsp3) is 0.125. The normalized spacial score (nSPS) is 11.4. The van der Waals surface area contributed by atoms with Gasteiger partial charge in [-0.2, -0.15) is 13.5 Å². The van der Waals surface area contributed by atoms with Crippen molar-refractivity contribution in [2.75, 3.05) is 4.72 Å². The SMILES string of the molecule is Cc1ncc(S(=O)(=O)Nc2ccc(=O)[nH]n2)[nH]1. The summed E-state index contributed by atoms with van der Waals surface area (Å²) in [4.78, 5) is 17.1. The Kier molecular flexibility index (Phi) is 2.68. The first-order chi connectivity index (χ1) is 7.97. The molecule has 0 saturated carbocycles. The molecule has 8 nitrogen and oxygen atoms in total. The number of rotatable bonds is 3. The first kappa shape index (κ1) is 11.3. The number of anilines is 1. The van der Waals surface area contributed by atoms with Crippen LogP contribution in [0.25, 0.3) is 0 Å². The summed E-state index contributed by atoms with van der Waals surface area (Å²) in [6, 6.07) is 2.43. The van der Waals surface area contributed by atoms with Crippen molar-refractivity contribution in [1.29, 1.82) is 0 Å². The van der Waals surface area contributed by atoms with E-state index in [-0.39, 0.29) is 10.8 Å². The van der Waals surface area contributed by atoms with E-state index < -0.39 is 15.6 Å². The molecular weight excluding hydrogens is 246 g/mol. The van der Waals surface area contributed by atoms with Crippen molar-refractivity contribution < 1.29 is 8.42 Å². The third-order valence-corrected chi connectivity index (χ3v) is 3.15. The second kappa shape index (κ2) is 4.01. The van der Waals surface area contributed by atoms with Crippen LogP contribution in [0.2, 0.25) is 0 Å². The van der Waals surface area contributed by atoms with Crippen molar-refractivity contribution in [2.24, 2.45) is 0 Å². The van der Waals surface area contributed by atoms with Crippen LogP contribution in [0, 0.1) is 6.92 Å². The molecule has 2 aromatic heterocycles. The largest absolute Gasteiger partial charge is 0.332 e. The third kappa shape index (κ3) is 2.50. The van der Waals surface area contributed by atoms with Gasteiger partial charge >= 0.3 is 0 Å². The van der Waals surface area contributed by atoms with E-state index in [1.54, 1.807) is 6.92 Å². The van der Waals surface area contributed by atoms with Crippen LogP contribution in [-0.4, -0.2) is 28.6 Å². The van der Waals surface area contributed by atoms with Gasteiger partial charge in [-0.1, -0.05) is 0 Å². The third-order valence-electron chi connectivity index (χ3n) is 1.89. The highest BCUT2D eigenvalue weighted by Crippen LogP contribution is 2.10. The van der Waals surface area contributed by atoms with Gasteiger partial charge in [0, 0.05) is 6.07 Å². The smallest absolute Gasteiger partial charge is 0.280 e. The van der Waals surface area contributed by atoms with Crippen LogP contribution >= 0.6 is 0 Å². The van der Waals surface area contributed by atoms with E-state index in [9.17, 15) is 13.2 Å². The minimum atomic E-state index is -3.76. The molecule has 2 rings (SSSR count). The molecule has 0 aliphatic heterocycles. The first-order valence-electron chi connectivity index (χ1n) is 4.57. The van der Waals surface area contributed by atoms with Gasteiger partial charge in [0.2, 0.25) is 0 Å². The van der Waals surface area contributed by atoms with Gasteiger partial charge in [-0.05, 0) is 13.0 Å². The molecule has 9 heteroatoms. The summed E-state index contributed by atoms with van der Waals surface area (Å²) < 4.78 is 25.8. The van der Waals surface area contributed by atoms with E-state index in [4.69, 9.17) is 0 Å².